The van der Waals surface area contributed by atoms with E-state index in [4.69, 9.17) is 4.52 Å². The van der Waals surface area contributed by atoms with Crippen LogP contribution in [-0.4, -0.2) is 37.3 Å². The van der Waals surface area contributed by atoms with Gasteiger partial charge in [-0.2, -0.15) is 10.1 Å². The number of fused-ring (bicyclic) bond motifs is 1. The highest BCUT2D eigenvalue weighted by Gasteiger charge is 2.32. The topological polar surface area (TPSA) is 77.0 Å². The average Bonchev–Trinajstić information content (AvgIpc) is 3.43. The standard InChI is InChI=1S/C22H17F2N5O2/c1-28-10-14(9-25-28)18-12-29(11-13-4-2-3-5-16(13)18)22(30)20-26-21(31-27-20)17-8-15(23)6-7-19(17)24/h2-10,18H,11-12H2,1H3. The Balaban J connectivity index is 1.46. The molecule has 0 saturated heterocycles. The molecule has 0 radical (unpaired) electrons. The highest BCUT2D eigenvalue weighted by atomic mass is 19.1. The van der Waals surface area contributed by atoms with Gasteiger partial charge in [0.25, 0.3) is 17.6 Å². The summed E-state index contributed by atoms with van der Waals surface area (Å²) in [5.74, 6) is -2.32. The number of aryl methyl sites for hydroxylation is 1. The van der Waals surface area contributed by atoms with Gasteiger partial charge in [-0.05, 0) is 34.9 Å². The number of nitrogens with zero attached hydrogens (tertiary/aromatic N) is 5. The van der Waals surface area contributed by atoms with Gasteiger partial charge in [-0.25, -0.2) is 8.78 Å². The van der Waals surface area contributed by atoms with Crippen molar-refractivity contribution in [3.8, 4) is 11.5 Å². The Morgan fingerprint density at radius 2 is 2.03 bits per heavy atom. The summed E-state index contributed by atoms with van der Waals surface area (Å²) in [5.41, 5.74) is 2.94. The summed E-state index contributed by atoms with van der Waals surface area (Å²) >= 11 is 0. The summed E-state index contributed by atoms with van der Waals surface area (Å²) in [6, 6.07) is 10.8. The van der Waals surface area contributed by atoms with Gasteiger partial charge in [0.2, 0.25) is 0 Å². The van der Waals surface area contributed by atoms with E-state index in [1.54, 1.807) is 15.8 Å². The first-order chi connectivity index (χ1) is 15.0. The molecule has 2 aromatic heterocycles. The van der Waals surface area contributed by atoms with Crippen molar-refractivity contribution in [2.75, 3.05) is 6.54 Å². The normalized spacial score (nSPS) is 15.7. The van der Waals surface area contributed by atoms with Gasteiger partial charge in [-0.15, -0.1) is 0 Å². The molecule has 0 saturated carbocycles. The molecule has 0 bridgehead atoms. The molecular formula is C22H17F2N5O2. The van der Waals surface area contributed by atoms with Gasteiger partial charge in [0.15, 0.2) is 0 Å². The molecule has 1 atom stereocenters. The molecule has 1 aliphatic rings. The second-order valence-electron chi connectivity index (χ2n) is 7.43. The molecule has 2 aromatic carbocycles. The lowest BCUT2D eigenvalue weighted by Gasteiger charge is -2.33. The van der Waals surface area contributed by atoms with Gasteiger partial charge in [0.1, 0.15) is 11.6 Å². The molecule has 31 heavy (non-hydrogen) atoms. The molecule has 9 heteroatoms. The summed E-state index contributed by atoms with van der Waals surface area (Å²) in [5, 5.41) is 7.97. The lowest BCUT2D eigenvalue weighted by atomic mass is 9.86. The lowest BCUT2D eigenvalue weighted by Crippen LogP contribution is -2.39. The van der Waals surface area contributed by atoms with Crippen molar-refractivity contribution < 1.29 is 18.1 Å². The van der Waals surface area contributed by atoms with Gasteiger partial charge in [-0.1, -0.05) is 29.4 Å². The Labute approximate surface area is 175 Å². The van der Waals surface area contributed by atoms with Crippen LogP contribution in [0.15, 0.2) is 59.4 Å². The number of rotatable bonds is 3. The summed E-state index contributed by atoms with van der Waals surface area (Å²) < 4.78 is 34.3. The first kappa shape index (κ1) is 19.1. The fourth-order valence-corrected chi connectivity index (χ4v) is 3.89. The van der Waals surface area contributed by atoms with E-state index < -0.39 is 17.5 Å². The maximum Gasteiger partial charge on any atom is 0.295 e. The molecule has 1 unspecified atom stereocenters. The maximum absolute atomic E-state index is 14.0. The Morgan fingerprint density at radius 1 is 1.19 bits per heavy atom. The zero-order valence-electron chi connectivity index (χ0n) is 16.5. The molecule has 0 spiro atoms. The number of carbonyl (C=O) groups is 1. The van der Waals surface area contributed by atoms with Crippen molar-refractivity contribution in [2.24, 2.45) is 7.05 Å². The van der Waals surface area contributed by atoms with E-state index in [1.807, 2.05) is 37.5 Å². The van der Waals surface area contributed by atoms with E-state index in [0.717, 1.165) is 34.9 Å². The third kappa shape index (κ3) is 3.48. The van der Waals surface area contributed by atoms with Gasteiger partial charge >= 0.3 is 0 Å². The number of carbonyl (C=O) groups excluding carboxylic acids is 1. The van der Waals surface area contributed by atoms with Gasteiger partial charge in [0.05, 0.1) is 11.8 Å². The highest BCUT2D eigenvalue weighted by Crippen LogP contribution is 2.34. The van der Waals surface area contributed by atoms with Crippen molar-refractivity contribution >= 4 is 5.91 Å². The van der Waals surface area contributed by atoms with E-state index >= 15 is 0 Å². The van der Waals surface area contributed by atoms with Crippen LogP contribution in [0.1, 0.15) is 33.2 Å². The number of aromatic nitrogens is 4. The van der Waals surface area contributed by atoms with Gasteiger partial charge < -0.3 is 9.42 Å². The molecule has 0 aliphatic carbocycles. The minimum Gasteiger partial charge on any atom is -0.333 e. The molecular weight excluding hydrogens is 404 g/mol. The van der Waals surface area contributed by atoms with Crippen LogP contribution in [0, 0.1) is 11.6 Å². The first-order valence-electron chi connectivity index (χ1n) is 9.64. The minimum atomic E-state index is -0.715. The van der Waals surface area contributed by atoms with Crippen molar-refractivity contribution in [3.63, 3.8) is 0 Å². The fraction of sp³-hybridized carbons (Fsp3) is 0.182. The summed E-state index contributed by atoms with van der Waals surface area (Å²) in [7, 11) is 1.84. The van der Waals surface area contributed by atoms with E-state index in [-0.39, 0.29) is 23.2 Å². The molecule has 1 aliphatic heterocycles. The van der Waals surface area contributed by atoms with E-state index in [9.17, 15) is 13.6 Å². The highest BCUT2D eigenvalue weighted by molar-refractivity contribution is 5.91. The zero-order chi connectivity index (χ0) is 21.5. The van der Waals surface area contributed by atoms with E-state index in [0.29, 0.717) is 13.1 Å². The lowest BCUT2D eigenvalue weighted by molar-refractivity contribution is 0.0709. The second kappa shape index (κ2) is 7.42. The van der Waals surface area contributed by atoms with Crippen LogP contribution in [0.25, 0.3) is 11.5 Å². The van der Waals surface area contributed by atoms with Crippen LogP contribution in [-0.2, 0) is 13.6 Å². The Hall–Kier alpha value is -3.88. The molecule has 0 fully saturated rings. The number of hydrogen-bond donors (Lipinski definition) is 0. The molecule has 3 heterocycles. The molecule has 5 rings (SSSR count). The summed E-state index contributed by atoms with van der Waals surface area (Å²) in [6.45, 7) is 0.781. The van der Waals surface area contributed by atoms with Crippen LogP contribution >= 0.6 is 0 Å². The smallest absolute Gasteiger partial charge is 0.295 e. The van der Waals surface area contributed by atoms with Crippen LogP contribution in [0.4, 0.5) is 8.78 Å². The number of halogens is 2. The van der Waals surface area contributed by atoms with Crippen LogP contribution < -0.4 is 0 Å². The third-order valence-electron chi connectivity index (χ3n) is 5.39. The summed E-state index contributed by atoms with van der Waals surface area (Å²) in [4.78, 5) is 18.8. The van der Waals surface area contributed by atoms with Crippen molar-refractivity contribution in [3.05, 3.63) is 89.0 Å². The van der Waals surface area contributed by atoms with E-state index in [1.165, 1.54) is 0 Å². The minimum absolute atomic E-state index is 0.0605. The molecule has 0 N–H and O–H groups in total. The SMILES string of the molecule is Cn1cc(C2CN(C(=O)c3noc(-c4cc(F)ccc4F)n3)Cc3ccccc32)cn1. The third-order valence-corrected chi connectivity index (χ3v) is 5.39. The van der Waals surface area contributed by atoms with Crippen LogP contribution in [0.5, 0.6) is 0 Å². The Kier molecular flexibility index (Phi) is 4.58. The predicted octanol–water partition coefficient (Wildman–Crippen LogP) is 3.54. The molecule has 7 nitrogen and oxygen atoms in total. The van der Waals surface area contributed by atoms with E-state index in [2.05, 4.69) is 15.2 Å². The maximum atomic E-state index is 14.0. The predicted molar refractivity (Wildman–Crippen MR) is 106 cm³/mol. The number of amides is 1. The van der Waals surface area contributed by atoms with Gasteiger partial charge in [-0.3, -0.25) is 9.48 Å². The van der Waals surface area contributed by atoms with Gasteiger partial charge in [0, 0.05) is 32.3 Å². The molecule has 4 aromatic rings. The quantitative estimate of drug-likeness (QED) is 0.506. The number of hydrogen-bond acceptors (Lipinski definition) is 5. The second-order valence-corrected chi connectivity index (χ2v) is 7.43. The first-order valence-corrected chi connectivity index (χ1v) is 9.64. The van der Waals surface area contributed by atoms with Crippen molar-refractivity contribution in [1.82, 2.24) is 24.8 Å². The fourth-order valence-electron chi connectivity index (χ4n) is 3.89. The largest absolute Gasteiger partial charge is 0.333 e. The Morgan fingerprint density at radius 3 is 2.84 bits per heavy atom. The number of benzene rings is 2. The average molecular weight is 421 g/mol. The molecule has 1 amide bonds. The van der Waals surface area contributed by atoms with Crippen LogP contribution in [0.2, 0.25) is 0 Å². The monoisotopic (exact) mass is 421 g/mol. The van der Waals surface area contributed by atoms with Crippen LogP contribution in [0.3, 0.4) is 0 Å². The molecule has 156 valence electrons. The Bertz CT molecular complexity index is 1280. The van der Waals surface area contributed by atoms with Crippen molar-refractivity contribution in [2.45, 2.75) is 12.5 Å². The zero-order valence-corrected chi connectivity index (χ0v) is 16.5. The van der Waals surface area contributed by atoms with Crippen molar-refractivity contribution in [1.29, 1.82) is 0 Å². The summed E-state index contributed by atoms with van der Waals surface area (Å²) in [6.07, 6.45) is 3.71.